The second kappa shape index (κ2) is 9.03. The number of nitrogens with zero attached hydrogens (tertiary/aromatic N) is 2. The molecule has 0 saturated heterocycles. The highest BCUT2D eigenvalue weighted by Crippen LogP contribution is 2.21. The molecule has 1 amide bonds. The molecule has 0 unspecified atom stereocenters. The Morgan fingerprint density at radius 3 is 2.82 bits per heavy atom. The van der Waals surface area contributed by atoms with Crippen LogP contribution in [0.15, 0.2) is 53.1 Å². The molecule has 7 heteroatoms. The van der Waals surface area contributed by atoms with Crippen molar-refractivity contribution in [1.82, 2.24) is 15.5 Å². The van der Waals surface area contributed by atoms with E-state index in [0.29, 0.717) is 23.2 Å². The fraction of sp³-hybridized carbons (Fsp3) is 0.286. The van der Waals surface area contributed by atoms with Crippen molar-refractivity contribution < 1.29 is 18.8 Å². The smallest absolute Gasteiger partial charge is 0.261 e. The second-order valence-corrected chi connectivity index (χ2v) is 6.18. The molecular formula is C21H23N3O4. The van der Waals surface area contributed by atoms with Gasteiger partial charge in [-0.3, -0.25) is 4.79 Å². The van der Waals surface area contributed by atoms with Crippen LogP contribution in [-0.2, 0) is 17.8 Å². The summed E-state index contributed by atoms with van der Waals surface area (Å²) < 4.78 is 16.2. The zero-order chi connectivity index (χ0) is 19.9. The van der Waals surface area contributed by atoms with Crippen molar-refractivity contribution >= 4 is 5.91 Å². The average molecular weight is 381 g/mol. The summed E-state index contributed by atoms with van der Waals surface area (Å²) in [7, 11) is 1.60. The van der Waals surface area contributed by atoms with Gasteiger partial charge in [0, 0.05) is 5.56 Å². The first-order valence-corrected chi connectivity index (χ1v) is 9.10. The Hall–Kier alpha value is -3.35. The minimum Gasteiger partial charge on any atom is -0.497 e. The number of carbonyl (C=O) groups excluding carboxylic acids is 1. The molecule has 0 bridgehead atoms. The van der Waals surface area contributed by atoms with E-state index in [0.717, 1.165) is 17.5 Å². The van der Waals surface area contributed by atoms with E-state index in [1.807, 2.05) is 55.5 Å². The second-order valence-electron chi connectivity index (χ2n) is 6.18. The van der Waals surface area contributed by atoms with E-state index in [4.69, 9.17) is 14.0 Å². The van der Waals surface area contributed by atoms with Crippen molar-refractivity contribution in [3.63, 3.8) is 0 Å². The Morgan fingerprint density at radius 1 is 1.21 bits per heavy atom. The van der Waals surface area contributed by atoms with Gasteiger partial charge in [-0.2, -0.15) is 4.98 Å². The molecule has 3 rings (SSSR count). The largest absolute Gasteiger partial charge is 0.497 e. The first kappa shape index (κ1) is 19.4. The number of carbonyl (C=O) groups is 1. The highest BCUT2D eigenvalue weighted by molar-refractivity contribution is 5.80. The predicted octanol–water partition coefficient (Wildman–Crippen LogP) is 3.39. The molecule has 1 aromatic heterocycles. The van der Waals surface area contributed by atoms with E-state index < -0.39 is 6.10 Å². The fourth-order valence-corrected chi connectivity index (χ4v) is 2.67. The molecule has 3 aromatic rings. The van der Waals surface area contributed by atoms with Gasteiger partial charge >= 0.3 is 0 Å². The standard InChI is InChI=1S/C21H23N3O4/c1-4-15-8-5-6-11-18(15)27-14(2)21(25)22-13-19-23-20(24-28-19)16-9-7-10-17(12-16)26-3/h5-12,14H,4,13H2,1-3H3,(H,22,25)/t14-/m0/s1. The third-order valence-electron chi connectivity index (χ3n) is 4.24. The van der Waals surface area contributed by atoms with Crippen molar-refractivity contribution in [1.29, 1.82) is 0 Å². The fourth-order valence-electron chi connectivity index (χ4n) is 2.67. The van der Waals surface area contributed by atoms with Crippen LogP contribution >= 0.6 is 0 Å². The highest BCUT2D eigenvalue weighted by Gasteiger charge is 2.17. The third-order valence-corrected chi connectivity index (χ3v) is 4.24. The quantitative estimate of drug-likeness (QED) is 0.644. The van der Waals surface area contributed by atoms with Gasteiger partial charge in [0.05, 0.1) is 13.7 Å². The number of aromatic nitrogens is 2. The van der Waals surface area contributed by atoms with Crippen molar-refractivity contribution in [3.05, 3.63) is 60.0 Å². The van der Waals surface area contributed by atoms with Gasteiger partial charge in [-0.05, 0) is 37.1 Å². The first-order chi connectivity index (χ1) is 13.6. The average Bonchev–Trinajstić information content (AvgIpc) is 3.21. The summed E-state index contributed by atoms with van der Waals surface area (Å²) in [5.41, 5.74) is 1.83. The van der Waals surface area contributed by atoms with Gasteiger partial charge in [0.15, 0.2) is 6.10 Å². The third kappa shape index (κ3) is 4.68. The summed E-state index contributed by atoms with van der Waals surface area (Å²) in [6.45, 7) is 3.87. The highest BCUT2D eigenvalue weighted by atomic mass is 16.5. The van der Waals surface area contributed by atoms with Crippen LogP contribution in [-0.4, -0.2) is 29.3 Å². The summed E-state index contributed by atoms with van der Waals surface area (Å²) in [6.07, 6.45) is 0.188. The molecule has 0 aliphatic heterocycles. The zero-order valence-electron chi connectivity index (χ0n) is 16.1. The minimum absolute atomic E-state index is 0.124. The van der Waals surface area contributed by atoms with Crippen LogP contribution in [0.25, 0.3) is 11.4 Å². The lowest BCUT2D eigenvalue weighted by Gasteiger charge is -2.16. The Bertz CT molecular complexity index is 939. The molecule has 1 N–H and O–H groups in total. The lowest BCUT2D eigenvalue weighted by atomic mass is 10.1. The Balaban J connectivity index is 1.58. The Morgan fingerprint density at radius 2 is 2.04 bits per heavy atom. The van der Waals surface area contributed by atoms with Gasteiger partial charge in [-0.25, -0.2) is 0 Å². The zero-order valence-corrected chi connectivity index (χ0v) is 16.1. The van der Waals surface area contributed by atoms with Gasteiger partial charge in [-0.15, -0.1) is 0 Å². The number of hydrogen-bond donors (Lipinski definition) is 1. The van der Waals surface area contributed by atoms with Crippen molar-refractivity contribution in [2.24, 2.45) is 0 Å². The number of methoxy groups -OCH3 is 1. The molecule has 1 atom stereocenters. The number of rotatable bonds is 8. The van der Waals surface area contributed by atoms with E-state index >= 15 is 0 Å². The first-order valence-electron chi connectivity index (χ1n) is 9.10. The van der Waals surface area contributed by atoms with E-state index in [1.54, 1.807) is 14.0 Å². The van der Waals surface area contributed by atoms with Crippen LogP contribution in [0.5, 0.6) is 11.5 Å². The van der Waals surface area contributed by atoms with Crippen LogP contribution in [0.1, 0.15) is 25.3 Å². The maximum absolute atomic E-state index is 12.3. The number of para-hydroxylation sites is 1. The molecule has 0 fully saturated rings. The number of ether oxygens (including phenoxy) is 2. The van der Waals surface area contributed by atoms with Gasteiger partial charge in [0.25, 0.3) is 5.91 Å². The van der Waals surface area contributed by atoms with Crippen LogP contribution < -0.4 is 14.8 Å². The van der Waals surface area contributed by atoms with Gasteiger partial charge < -0.3 is 19.3 Å². The monoisotopic (exact) mass is 381 g/mol. The molecule has 0 spiro atoms. The molecule has 0 aliphatic rings. The summed E-state index contributed by atoms with van der Waals surface area (Å²) in [6, 6.07) is 15.0. The van der Waals surface area contributed by atoms with Crippen LogP contribution in [0.3, 0.4) is 0 Å². The van der Waals surface area contributed by atoms with E-state index in [2.05, 4.69) is 15.5 Å². The van der Waals surface area contributed by atoms with Crippen LogP contribution in [0.2, 0.25) is 0 Å². The van der Waals surface area contributed by atoms with Crippen LogP contribution in [0.4, 0.5) is 0 Å². The number of amides is 1. The maximum atomic E-state index is 12.3. The molecule has 28 heavy (non-hydrogen) atoms. The molecule has 0 radical (unpaired) electrons. The molecule has 146 valence electrons. The van der Waals surface area contributed by atoms with Gasteiger partial charge in [0.1, 0.15) is 11.5 Å². The topological polar surface area (TPSA) is 86.5 Å². The SMILES string of the molecule is CCc1ccccc1O[C@@H](C)C(=O)NCc1nc(-c2cccc(OC)c2)no1. The van der Waals surface area contributed by atoms with E-state index in [9.17, 15) is 4.79 Å². The molecule has 0 saturated carbocycles. The number of benzene rings is 2. The predicted molar refractivity (Wildman–Crippen MR) is 104 cm³/mol. The lowest BCUT2D eigenvalue weighted by Crippen LogP contribution is -2.36. The lowest BCUT2D eigenvalue weighted by molar-refractivity contribution is -0.127. The van der Waals surface area contributed by atoms with Crippen molar-refractivity contribution in [3.8, 4) is 22.9 Å². The Kier molecular flexibility index (Phi) is 6.26. The minimum atomic E-state index is -0.645. The summed E-state index contributed by atoms with van der Waals surface area (Å²) >= 11 is 0. The molecule has 1 heterocycles. The number of hydrogen-bond acceptors (Lipinski definition) is 6. The van der Waals surface area contributed by atoms with Gasteiger partial charge in [0.2, 0.25) is 11.7 Å². The van der Waals surface area contributed by atoms with Crippen LogP contribution in [0, 0.1) is 0 Å². The number of aryl methyl sites for hydroxylation is 1. The Labute approximate surface area is 163 Å². The normalized spacial score (nSPS) is 11.7. The summed E-state index contributed by atoms with van der Waals surface area (Å²) in [4.78, 5) is 16.6. The molecule has 7 nitrogen and oxygen atoms in total. The molecule has 0 aliphatic carbocycles. The van der Waals surface area contributed by atoms with Crippen molar-refractivity contribution in [2.45, 2.75) is 32.9 Å². The van der Waals surface area contributed by atoms with E-state index in [1.165, 1.54) is 0 Å². The molecule has 2 aromatic carbocycles. The van der Waals surface area contributed by atoms with Crippen molar-refractivity contribution in [2.75, 3.05) is 7.11 Å². The van der Waals surface area contributed by atoms with Gasteiger partial charge in [-0.1, -0.05) is 42.4 Å². The summed E-state index contributed by atoms with van der Waals surface area (Å²) in [5, 5.41) is 6.71. The van der Waals surface area contributed by atoms with E-state index in [-0.39, 0.29) is 12.5 Å². The maximum Gasteiger partial charge on any atom is 0.261 e. The molecular weight excluding hydrogens is 358 g/mol. The number of nitrogens with one attached hydrogen (secondary N) is 1. The summed E-state index contributed by atoms with van der Waals surface area (Å²) in [5.74, 6) is 1.91.